The molecule has 0 saturated heterocycles. The fourth-order valence-electron chi connectivity index (χ4n) is 4.38. The zero-order chi connectivity index (χ0) is 27.2. The van der Waals surface area contributed by atoms with E-state index in [0.717, 1.165) is 22.3 Å². The minimum Gasteiger partial charge on any atom is -0.494 e. The number of nitrogens with one attached hydrogen (secondary N) is 1. The monoisotopic (exact) mass is 509 g/mol. The number of benzene rings is 3. The molecule has 3 aromatic rings. The van der Waals surface area contributed by atoms with E-state index in [0.29, 0.717) is 18.5 Å². The van der Waals surface area contributed by atoms with E-state index in [1.807, 2.05) is 57.2 Å². The lowest BCUT2D eigenvalue weighted by Crippen LogP contribution is -2.46. The van der Waals surface area contributed by atoms with Gasteiger partial charge >= 0.3 is 5.97 Å². The highest BCUT2D eigenvalue weighted by atomic mass is 19.1. The normalized spacial score (nSPS) is 13.3. The summed E-state index contributed by atoms with van der Waals surface area (Å²) in [6, 6.07) is 18.0. The number of carboxylic acid groups (broad SMARTS) is 1. The first-order valence-corrected chi connectivity index (χ1v) is 12.3. The molecule has 0 radical (unpaired) electrons. The standard InChI is InChI=1S/C30H36FNO5/c1-19-14-22(11-12-24(19)29(34)35)26-9-7-6-8-25(26)20(2)37-18-23(33)17-32-30(3,4)16-21-10-13-28(36-5)27(31)15-21/h6-15,20,23,32-33H,16-18H2,1-5H3,(H,34,35)/t20?,23-/m0/s1. The van der Waals surface area contributed by atoms with E-state index in [1.165, 1.54) is 13.2 Å². The third kappa shape index (κ3) is 7.61. The van der Waals surface area contributed by atoms with Gasteiger partial charge in [0.25, 0.3) is 0 Å². The van der Waals surface area contributed by atoms with Crippen molar-refractivity contribution in [2.45, 2.75) is 51.9 Å². The lowest BCUT2D eigenvalue weighted by atomic mass is 9.94. The summed E-state index contributed by atoms with van der Waals surface area (Å²) in [5.41, 5.74) is 4.24. The minimum absolute atomic E-state index is 0.132. The molecule has 0 spiro atoms. The van der Waals surface area contributed by atoms with Crippen LogP contribution in [0.3, 0.4) is 0 Å². The summed E-state index contributed by atoms with van der Waals surface area (Å²) in [5, 5.41) is 23.2. The van der Waals surface area contributed by atoms with Crippen LogP contribution in [0.25, 0.3) is 11.1 Å². The molecule has 198 valence electrons. The quantitative estimate of drug-likeness (QED) is 0.296. The Kier molecular flexibility index (Phi) is 9.43. The summed E-state index contributed by atoms with van der Waals surface area (Å²) in [6.07, 6.45) is -0.454. The Labute approximate surface area is 218 Å². The first kappa shape index (κ1) is 28.3. The van der Waals surface area contributed by atoms with Crippen LogP contribution in [0.5, 0.6) is 5.75 Å². The summed E-state index contributed by atoms with van der Waals surface area (Å²) in [5.74, 6) is -1.13. The van der Waals surface area contributed by atoms with Gasteiger partial charge in [-0.3, -0.25) is 0 Å². The molecule has 2 atom stereocenters. The van der Waals surface area contributed by atoms with Gasteiger partial charge in [0.1, 0.15) is 0 Å². The van der Waals surface area contributed by atoms with Gasteiger partial charge in [-0.1, -0.05) is 42.5 Å². The summed E-state index contributed by atoms with van der Waals surface area (Å²) < 4.78 is 25.0. The van der Waals surface area contributed by atoms with Crippen LogP contribution in [0.15, 0.2) is 60.7 Å². The third-order valence-electron chi connectivity index (χ3n) is 6.38. The molecule has 3 aromatic carbocycles. The maximum Gasteiger partial charge on any atom is 0.335 e. The fraction of sp³-hybridized carbons (Fsp3) is 0.367. The van der Waals surface area contributed by atoms with Crippen LogP contribution < -0.4 is 10.1 Å². The van der Waals surface area contributed by atoms with Gasteiger partial charge in [0.15, 0.2) is 11.6 Å². The summed E-state index contributed by atoms with van der Waals surface area (Å²) >= 11 is 0. The van der Waals surface area contributed by atoms with E-state index in [2.05, 4.69) is 5.32 Å². The smallest absolute Gasteiger partial charge is 0.335 e. The molecule has 3 N–H and O–H groups in total. The second-order valence-electron chi connectivity index (χ2n) is 9.96. The Morgan fingerprint density at radius 1 is 1.11 bits per heavy atom. The highest BCUT2D eigenvalue weighted by Gasteiger charge is 2.21. The predicted molar refractivity (Wildman–Crippen MR) is 143 cm³/mol. The number of aliphatic hydroxyl groups is 1. The minimum atomic E-state index is -0.948. The fourth-order valence-corrected chi connectivity index (χ4v) is 4.38. The number of carbonyl (C=O) groups is 1. The first-order chi connectivity index (χ1) is 17.5. The highest BCUT2D eigenvalue weighted by molar-refractivity contribution is 5.90. The number of methoxy groups -OCH3 is 1. The number of aliphatic hydroxyl groups excluding tert-OH is 1. The van der Waals surface area contributed by atoms with E-state index >= 15 is 0 Å². The number of hydrogen-bond donors (Lipinski definition) is 3. The molecule has 3 rings (SSSR count). The summed E-state index contributed by atoms with van der Waals surface area (Å²) in [6.45, 7) is 8.16. The average molecular weight is 510 g/mol. The zero-order valence-corrected chi connectivity index (χ0v) is 22.0. The molecular weight excluding hydrogens is 473 g/mol. The van der Waals surface area contributed by atoms with Crippen LogP contribution in [0, 0.1) is 12.7 Å². The van der Waals surface area contributed by atoms with E-state index in [1.54, 1.807) is 25.1 Å². The summed E-state index contributed by atoms with van der Waals surface area (Å²) in [4.78, 5) is 11.4. The summed E-state index contributed by atoms with van der Waals surface area (Å²) in [7, 11) is 1.44. The van der Waals surface area contributed by atoms with Crippen molar-refractivity contribution in [3.05, 3.63) is 88.7 Å². The highest BCUT2D eigenvalue weighted by Crippen LogP contribution is 2.31. The molecule has 37 heavy (non-hydrogen) atoms. The molecule has 0 amide bonds. The number of β-amino-alcohol motifs (C(OH)–C–C–N with tert-alkyl or cyclic N) is 1. The van der Waals surface area contributed by atoms with Gasteiger partial charge < -0.3 is 25.0 Å². The van der Waals surface area contributed by atoms with E-state index in [9.17, 15) is 19.4 Å². The number of carboxylic acids is 1. The van der Waals surface area contributed by atoms with Gasteiger partial charge in [0.05, 0.1) is 31.5 Å². The molecule has 0 saturated carbocycles. The van der Waals surface area contributed by atoms with Crippen LogP contribution in [0.1, 0.15) is 53.9 Å². The molecule has 0 aromatic heterocycles. The number of ether oxygens (including phenoxy) is 2. The molecule has 0 bridgehead atoms. The predicted octanol–water partition coefficient (Wildman–Crippen LogP) is 5.56. The van der Waals surface area contributed by atoms with Crippen molar-refractivity contribution in [1.29, 1.82) is 0 Å². The van der Waals surface area contributed by atoms with Gasteiger partial charge in [-0.2, -0.15) is 0 Å². The Morgan fingerprint density at radius 2 is 1.84 bits per heavy atom. The molecule has 0 aliphatic carbocycles. The Balaban J connectivity index is 1.58. The van der Waals surface area contributed by atoms with Crippen molar-refractivity contribution in [2.24, 2.45) is 0 Å². The first-order valence-electron chi connectivity index (χ1n) is 12.3. The van der Waals surface area contributed by atoms with Crippen LogP contribution in [-0.2, 0) is 11.2 Å². The lowest BCUT2D eigenvalue weighted by molar-refractivity contribution is -0.00397. The van der Waals surface area contributed by atoms with Crippen molar-refractivity contribution in [2.75, 3.05) is 20.3 Å². The van der Waals surface area contributed by atoms with Gasteiger partial charge in [0.2, 0.25) is 0 Å². The van der Waals surface area contributed by atoms with Crippen LogP contribution in [-0.4, -0.2) is 48.1 Å². The molecule has 6 nitrogen and oxygen atoms in total. The topological polar surface area (TPSA) is 88.0 Å². The van der Waals surface area contributed by atoms with E-state index in [-0.39, 0.29) is 29.6 Å². The second kappa shape index (κ2) is 12.3. The molecular formula is C30H36FNO5. The Morgan fingerprint density at radius 3 is 2.49 bits per heavy atom. The molecule has 0 aliphatic heterocycles. The second-order valence-corrected chi connectivity index (χ2v) is 9.96. The number of rotatable bonds is 12. The Hall–Kier alpha value is -3.26. The van der Waals surface area contributed by atoms with Crippen molar-refractivity contribution in [3.8, 4) is 16.9 Å². The lowest BCUT2D eigenvalue weighted by Gasteiger charge is -2.28. The molecule has 0 fully saturated rings. The van der Waals surface area contributed by atoms with Crippen LogP contribution in [0.2, 0.25) is 0 Å². The Bertz CT molecular complexity index is 1230. The van der Waals surface area contributed by atoms with Gasteiger partial charge in [-0.05, 0) is 80.1 Å². The SMILES string of the molecule is COc1ccc(CC(C)(C)NC[C@H](O)COC(C)c2ccccc2-c2ccc(C(=O)O)c(C)c2)cc1F. The van der Waals surface area contributed by atoms with Crippen LogP contribution >= 0.6 is 0 Å². The van der Waals surface area contributed by atoms with E-state index in [4.69, 9.17) is 9.47 Å². The number of hydrogen-bond acceptors (Lipinski definition) is 5. The molecule has 1 unspecified atom stereocenters. The number of halogens is 1. The van der Waals surface area contributed by atoms with Gasteiger partial charge in [-0.15, -0.1) is 0 Å². The zero-order valence-electron chi connectivity index (χ0n) is 22.0. The number of aromatic carboxylic acids is 1. The average Bonchev–Trinajstić information content (AvgIpc) is 2.85. The van der Waals surface area contributed by atoms with Crippen molar-refractivity contribution in [1.82, 2.24) is 5.32 Å². The maximum absolute atomic E-state index is 14.0. The molecule has 0 heterocycles. The van der Waals surface area contributed by atoms with E-state index < -0.39 is 17.9 Å². The largest absolute Gasteiger partial charge is 0.494 e. The molecule has 0 aliphatic rings. The van der Waals surface area contributed by atoms with Crippen molar-refractivity contribution in [3.63, 3.8) is 0 Å². The molecule has 7 heteroatoms. The number of aryl methyl sites for hydroxylation is 1. The maximum atomic E-state index is 14.0. The van der Waals surface area contributed by atoms with Gasteiger partial charge in [-0.25, -0.2) is 9.18 Å². The van der Waals surface area contributed by atoms with Crippen molar-refractivity contribution < 1.29 is 28.9 Å². The third-order valence-corrected chi connectivity index (χ3v) is 6.38. The van der Waals surface area contributed by atoms with Gasteiger partial charge in [0, 0.05) is 12.1 Å². The van der Waals surface area contributed by atoms with Crippen LogP contribution in [0.4, 0.5) is 4.39 Å². The van der Waals surface area contributed by atoms with Crippen molar-refractivity contribution >= 4 is 5.97 Å².